The maximum atomic E-state index is 13.7. The number of nitrogens with zero attached hydrogens (tertiary/aromatic N) is 2. The largest absolute Gasteiger partial charge is 0.336 e. The number of anilines is 2. The summed E-state index contributed by atoms with van der Waals surface area (Å²) in [7, 11) is 0. The number of fused-ring (bicyclic) bond motifs is 1. The molecule has 7 nitrogen and oxygen atoms in total. The van der Waals surface area contributed by atoms with E-state index < -0.39 is 6.04 Å². The maximum Gasteiger partial charge on any atom is 0.268 e. The van der Waals surface area contributed by atoms with Crippen LogP contribution in [-0.2, 0) is 4.79 Å². The summed E-state index contributed by atoms with van der Waals surface area (Å²) in [5.41, 5.74) is 3.56. The van der Waals surface area contributed by atoms with E-state index in [-0.39, 0.29) is 24.1 Å². The number of piperazine rings is 1. The highest BCUT2D eigenvalue weighted by atomic mass is 32.1. The lowest BCUT2D eigenvalue weighted by molar-refractivity contribution is -0.116. The molecule has 3 aromatic rings. The highest BCUT2D eigenvalue weighted by Gasteiger charge is 2.35. The number of rotatable bonds is 3. The van der Waals surface area contributed by atoms with Crippen LogP contribution in [0.2, 0.25) is 0 Å². The van der Waals surface area contributed by atoms with Crippen LogP contribution in [0.5, 0.6) is 0 Å². The van der Waals surface area contributed by atoms with Gasteiger partial charge in [-0.05, 0) is 42.1 Å². The van der Waals surface area contributed by atoms with Crippen molar-refractivity contribution in [2.45, 2.75) is 19.4 Å². The van der Waals surface area contributed by atoms with Crippen molar-refractivity contribution >= 4 is 40.4 Å². The summed E-state index contributed by atoms with van der Waals surface area (Å²) in [5, 5.41) is 8.06. The van der Waals surface area contributed by atoms with Gasteiger partial charge < -0.3 is 15.5 Å². The first-order chi connectivity index (χ1) is 16.5. The van der Waals surface area contributed by atoms with Gasteiger partial charge in [0.2, 0.25) is 5.91 Å². The molecule has 34 heavy (non-hydrogen) atoms. The Labute approximate surface area is 202 Å². The van der Waals surface area contributed by atoms with E-state index in [0.717, 1.165) is 24.2 Å². The Balaban J connectivity index is 1.58. The molecule has 2 aliphatic rings. The molecule has 1 fully saturated rings. The van der Waals surface area contributed by atoms with E-state index in [1.807, 2.05) is 42.6 Å². The molecule has 2 aromatic carbocycles. The van der Waals surface area contributed by atoms with E-state index in [9.17, 15) is 14.4 Å². The summed E-state index contributed by atoms with van der Waals surface area (Å²) in [6.45, 7) is 4.80. The average molecular weight is 475 g/mol. The number of carbonyl (C=O) groups is 3. The van der Waals surface area contributed by atoms with Crippen LogP contribution in [0.3, 0.4) is 0 Å². The number of benzene rings is 2. The van der Waals surface area contributed by atoms with Gasteiger partial charge in [0.15, 0.2) is 0 Å². The van der Waals surface area contributed by atoms with Crippen molar-refractivity contribution in [1.82, 2.24) is 10.2 Å². The highest BCUT2D eigenvalue weighted by Crippen LogP contribution is 2.40. The number of thiophene rings is 1. The van der Waals surface area contributed by atoms with Crippen molar-refractivity contribution in [1.29, 1.82) is 0 Å². The van der Waals surface area contributed by atoms with Crippen LogP contribution >= 0.6 is 11.3 Å². The molecule has 174 valence electrons. The molecule has 1 atom stereocenters. The summed E-state index contributed by atoms with van der Waals surface area (Å²) >= 11 is 1.37. The van der Waals surface area contributed by atoms with Crippen LogP contribution in [0.15, 0.2) is 60.0 Å². The summed E-state index contributed by atoms with van der Waals surface area (Å²) in [6, 6.07) is 16.3. The number of aryl methyl sites for hydroxylation is 1. The summed E-state index contributed by atoms with van der Waals surface area (Å²) in [6.07, 6.45) is 0.121. The van der Waals surface area contributed by atoms with Crippen molar-refractivity contribution < 1.29 is 14.4 Å². The van der Waals surface area contributed by atoms with Crippen molar-refractivity contribution in [3.05, 3.63) is 81.5 Å². The fourth-order valence-electron chi connectivity index (χ4n) is 4.49. The van der Waals surface area contributed by atoms with Gasteiger partial charge in [-0.3, -0.25) is 19.3 Å². The molecule has 3 amide bonds. The Morgan fingerprint density at radius 3 is 2.47 bits per heavy atom. The second-order valence-electron chi connectivity index (χ2n) is 8.61. The Morgan fingerprint density at radius 1 is 1.00 bits per heavy atom. The third-order valence-electron chi connectivity index (χ3n) is 6.28. The quantitative estimate of drug-likeness (QED) is 0.605. The Hall–Kier alpha value is -3.49. The summed E-state index contributed by atoms with van der Waals surface area (Å²) in [4.78, 5) is 43.9. The highest BCUT2D eigenvalue weighted by molar-refractivity contribution is 7.12. The van der Waals surface area contributed by atoms with E-state index in [1.54, 1.807) is 34.1 Å². The zero-order valence-corrected chi connectivity index (χ0v) is 19.7. The summed E-state index contributed by atoms with van der Waals surface area (Å²) in [5.74, 6) is -0.436. The van der Waals surface area contributed by atoms with Gasteiger partial charge in [-0.15, -0.1) is 11.3 Å². The van der Waals surface area contributed by atoms with E-state index in [1.165, 1.54) is 11.3 Å². The molecular weight excluding hydrogens is 448 g/mol. The smallest absolute Gasteiger partial charge is 0.268 e. The number of amides is 3. The molecule has 2 aliphatic heterocycles. The predicted molar refractivity (Wildman–Crippen MR) is 134 cm³/mol. The molecule has 1 unspecified atom stereocenters. The zero-order chi connectivity index (χ0) is 23.7. The lowest BCUT2D eigenvalue weighted by atomic mass is 9.99. The van der Waals surface area contributed by atoms with Gasteiger partial charge in [-0.25, -0.2) is 0 Å². The third-order valence-corrected chi connectivity index (χ3v) is 7.14. The van der Waals surface area contributed by atoms with Gasteiger partial charge in [-0.2, -0.15) is 0 Å². The molecule has 2 N–H and O–H groups in total. The number of hydrogen-bond donors (Lipinski definition) is 2. The second-order valence-corrected chi connectivity index (χ2v) is 9.55. The Kier molecular flexibility index (Phi) is 6.17. The Morgan fingerprint density at radius 2 is 1.76 bits per heavy atom. The zero-order valence-electron chi connectivity index (χ0n) is 18.9. The first-order valence-corrected chi connectivity index (χ1v) is 12.3. The SMILES string of the molecule is Cc1ccc(C2CC(=O)Nc3cc(C(=O)N4CCNCC4)ccc3N2C(=O)c2cccs2)cc1. The molecule has 0 radical (unpaired) electrons. The number of nitrogens with one attached hydrogen (secondary N) is 2. The minimum Gasteiger partial charge on any atom is -0.336 e. The molecule has 8 heteroatoms. The molecule has 0 aliphatic carbocycles. The van der Waals surface area contributed by atoms with Crippen LogP contribution in [-0.4, -0.2) is 48.8 Å². The van der Waals surface area contributed by atoms with Crippen molar-refractivity contribution in [2.24, 2.45) is 0 Å². The predicted octanol–water partition coefficient (Wildman–Crippen LogP) is 3.83. The molecule has 5 rings (SSSR count). The lowest BCUT2D eigenvalue weighted by Gasteiger charge is -2.31. The van der Waals surface area contributed by atoms with Gasteiger partial charge in [0.25, 0.3) is 11.8 Å². The van der Waals surface area contributed by atoms with E-state index in [2.05, 4.69) is 10.6 Å². The molecule has 3 heterocycles. The van der Waals surface area contributed by atoms with Crippen LogP contribution in [0.4, 0.5) is 11.4 Å². The Bertz CT molecular complexity index is 1220. The van der Waals surface area contributed by atoms with Crippen molar-refractivity contribution in [3.8, 4) is 0 Å². The lowest BCUT2D eigenvalue weighted by Crippen LogP contribution is -2.46. The maximum absolute atomic E-state index is 13.7. The topological polar surface area (TPSA) is 81.8 Å². The number of hydrogen-bond acceptors (Lipinski definition) is 5. The molecular formula is C26H26N4O3S. The molecule has 1 aromatic heterocycles. The first kappa shape index (κ1) is 22.3. The van der Waals surface area contributed by atoms with Crippen molar-refractivity contribution in [2.75, 3.05) is 36.4 Å². The molecule has 0 bridgehead atoms. The summed E-state index contributed by atoms with van der Waals surface area (Å²) < 4.78 is 0. The van der Waals surface area contributed by atoms with Gasteiger partial charge in [0, 0.05) is 31.7 Å². The van der Waals surface area contributed by atoms with E-state index in [0.29, 0.717) is 34.9 Å². The minimum absolute atomic E-state index is 0.0750. The van der Waals surface area contributed by atoms with E-state index >= 15 is 0 Å². The van der Waals surface area contributed by atoms with Crippen molar-refractivity contribution in [3.63, 3.8) is 0 Å². The second kappa shape index (κ2) is 9.40. The van der Waals surface area contributed by atoms with Crippen LogP contribution < -0.4 is 15.5 Å². The van der Waals surface area contributed by atoms with Crippen LogP contribution in [0, 0.1) is 6.92 Å². The third kappa shape index (κ3) is 4.34. The normalized spacial score (nSPS) is 18.1. The average Bonchev–Trinajstić information content (AvgIpc) is 3.35. The van der Waals surface area contributed by atoms with Gasteiger partial charge >= 0.3 is 0 Å². The van der Waals surface area contributed by atoms with E-state index in [4.69, 9.17) is 0 Å². The first-order valence-electron chi connectivity index (χ1n) is 11.4. The molecule has 0 saturated carbocycles. The van der Waals surface area contributed by atoms with Crippen LogP contribution in [0.1, 0.15) is 43.6 Å². The van der Waals surface area contributed by atoms with Gasteiger partial charge in [0.1, 0.15) is 0 Å². The van der Waals surface area contributed by atoms with Gasteiger partial charge in [0.05, 0.1) is 28.7 Å². The van der Waals surface area contributed by atoms with Crippen LogP contribution in [0.25, 0.3) is 0 Å². The minimum atomic E-state index is -0.467. The standard InChI is InChI=1S/C26H26N4O3S/c1-17-4-6-18(7-5-17)22-16-24(31)28-20-15-19(25(32)29-12-10-27-11-13-29)8-9-21(20)30(22)26(33)23-3-2-14-34-23/h2-9,14-15,22,27H,10-13,16H2,1H3,(H,28,31). The fraction of sp³-hybridized carbons (Fsp3) is 0.269. The monoisotopic (exact) mass is 474 g/mol. The fourth-order valence-corrected chi connectivity index (χ4v) is 5.15. The number of carbonyl (C=O) groups excluding carboxylic acids is 3. The molecule has 1 saturated heterocycles. The van der Waals surface area contributed by atoms with Gasteiger partial charge in [-0.1, -0.05) is 35.9 Å². The molecule has 0 spiro atoms.